The first-order chi connectivity index (χ1) is 11.4. The number of esters is 1. The minimum absolute atomic E-state index is 0.104. The van der Waals surface area contributed by atoms with Crippen LogP contribution in [-0.4, -0.2) is 25.1 Å². The van der Waals surface area contributed by atoms with Crippen molar-refractivity contribution in [3.8, 4) is 5.75 Å². The highest BCUT2D eigenvalue weighted by Gasteiger charge is 2.11. The van der Waals surface area contributed by atoms with Crippen molar-refractivity contribution in [2.24, 2.45) is 0 Å². The normalized spacial score (nSPS) is 10.1. The van der Waals surface area contributed by atoms with Crippen LogP contribution in [0.1, 0.15) is 0 Å². The van der Waals surface area contributed by atoms with E-state index in [-0.39, 0.29) is 17.3 Å². The van der Waals surface area contributed by atoms with Gasteiger partial charge in [-0.3, -0.25) is 4.79 Å². The highest BCUT2D eigenvalue weighted by molar-refractivity contribution is 14.1. The van der Waals surface area contributed by atoms with E-state index < -0.39 is 24.3 Å². The molecule has 0 spiro atoms. The van der Waals surface area contributed by atoms with E-state index in [9.17, 15) is 14.0 Å². The van der Waals surface area contributed by atoms with E-state index in [0.717, 1.165) is 9.64 Å². The quantitative estimate of drug-likeness (QED) is 0.525. The smallest absolute Gasteiger partial charge is 0.344 e. The minimum atomic E-state index is -0.700. The van der Waals surface area contributed by atoms with Crippen molar-refractivity contribution in [2.45, 2.75) is 0 Å². The maximum atomic E-state index is 13.1. The molecule has 2 rings (SSSR count). The van der Waals surface area contributed by atoms with Gasteiger partial charge < -0.3 is 14.8 Å². The van der Waals surface area contributed by atoms with E-state index in [1.807, 2.05) is 12.1 Å². The summed E-state index contributed by atoms with van der Waals surface area (Å²) in [6.07, 6.45) is 0. The SMILES string of the molecule is O=C(COC(=O)COc1ccc(I)cc1)Nc1cc(F)ccc1Cl. The summed E-state index contributed by atoms with van der Waals surface area (Å²) in [5, 5.41) is 2.54. The molecule has 0 aliphatic rings. The fraction of sp³-hybridized carbons (Fsp3) is 0.125. The van der Waals surface area contributed by atoms with Gasteiger partial charge in [0.1, 0.15) is 11.6 Å². The lowest BCUT2D eigenvalue weighted by molar-refractivity contribution is -0.149. The second-order valence-electron chi connectivity index (χ2n) is 4.58. The highest BCUT2D eigenvalue weighted by Crippen LogP contribution is 2.22. The van der Waals surface area contributed by atoms with Gasteiger partial charge in [0.25, 0.3) is 5.91 Å². The van der Waals surface area contributed by atoms with Gasteiger partial charge in [0.05, 0.1) is 10.7 Å². The van der Waals surface area contributed by atoms with E-state index >= 15 is 0 Å². The van der Waals surface area contributed by atoms with Crippen LogP contribution in [0.2, 0.25) is 5.02 Å². The zero-order chi connectivity index (χ0) is 17.5. The van der Waals surface area contributed by atoms with Gasteiger partial charge in [0, 0.05) is 3.57 Å². The monoisotopic (exact) mass is 463 g/mol. The second-order valence-corrected chi connectivity index (χ2v) is 6.23. The molecule has 0 unspecified atom stereocenters. The topological polar surface area (TPSA) is 64.6 Å². The van der Waals surface area contributed by atoms with Gasteiger partial charge in [-0.1, -0.05) is 11.6 Å². The van der Waals surface area contributed by atoms with Gasteiger partial charge in [-0.15, -0.1) is 0 Å². The van der Waals surface area contributed by atoms with Crippen molar-refractivity contribution in [1.29, 1.82) is 0 Å². The molecular weight excluding hydrogens is 452 g/mol. The number of anilines is 1. The molecule has 0 heterocycles. The molecule has 2 aromatic rings. The summed E-state index contributed by atoms with van der Waals surface area (Å²) in [5.74, 6) is -1.36. The van der Waals surface area contributed by atoms with Crippen molar-refractivity contribution in [3.63, 3.8) is 0 Å². The summed E-state index contributed by atoms with van der Waals surface area (Å²) >= 11 is 7.97. The second kappa shape index (κ2) is 8.84. The zero-order valence-corrected chi connectivity index (χ0v) is 15.1. The van der Waals surface area contributed by atoms with Gasteiger partial charge in [-0.25, -0.2) is 9.18 Å². The number of amides is 1. The molecule has 1 amide bonds. The van der Waals surface area contributed by atoms with Crippen LogP contribution in [0, 0.1) is 9.39 Å². The molecular formula is C16H12ClFINO4. The Balaban J connectivity index is 1.75. The first-order valence-corrected chi connectivity index (χ1v) is 8.18. The molecule has 0 saturated heterocycles. The van der Waals surface area contributed by atoms with Crippen LogP contribution in [-0.2, 0) is 14.3 Å². The molecule has 0 saturated carbocycles. The molecule has 1 N–H and O–H groups in total. The van der Waals surface area contributed by atoms with E-state index in [0.29, 0.717) is 5.75 Å². The van der Waals surface area contributed by atoms with Crippen LogP contribution in [0.25, 0.3) is 0 Å². The number of hydrogen-bond acceptors (Lipinski definition) is 4. The Labute approximate surface area is 156 Å². The van der Waals surface area contributed by atoms with Crippen molar-refractivity contribution in [1.82, 2.24) is 0 Å². The third-order valence-corrected chi connectivity index (χ3v) is 3.79. The maximum absolute atomic E-state index is 13.1. The molecule has 0 aliphatic heterocycles. The molecule has 126 valence electrons. The van der Waals surface area contributed by atoms with Crippen molar-refractivity contribution < 1.29 is 23.5 Å². The van der Waals surface area contributed by atoms with E-state index in [4.69, 9.17) is 21.1 Å². The fourth-order valence-electron chi connectivity index (χ4n) is 1.64. The van der Waals surface area contributed by atoms with Crippen molar-refractivity contribution in [2.75, 3.05) is 18.5 Å². The summed E-state index contributed by atoms with van der Waals surface area (Å²) < 4.78 is 24.1. The average Bonchev–Trinajstić information content (AvgIpc) is 2.56. The number of ether oxygens (including phenoxy) is 2. The number of halogens is 3. The van der Waals surface area contributed by atoms with E-state index in [1.165, 1.54) is 12.1 Å². The summed E-state index contributed by atoms with van der Waals surface area (Å²) in [5.41, 5.74) is 0.104. The molecule has 5 nitrogen and oxygen atoms in total. The van der Waals surface area contributed by atoms with Crippen LogP contribution in [0.3, 0.4) is 0 Å². The average molecular weight is 464 g/mol. The lowest BCUT2D eigenvalue weighted by atomic mass is 10.3. The summed E-state index contributed by atoms with van der Waals surface area (Å²) in [7, 11) is 0. The Morgan fingerprint density at radius 3 is 2.54 bits per heavy atom. The molecule has 0 aromatic heterocycles. The molecule has 8 heteroatoms. The molecule has 2 aromatic carbocycles. The predicted octanol–water partition coefficient (Wildman–Crippen LogP) is 3.64. The highest BCUT2D eigenvalue weighted by atomic mass is 127. The minimum Gasteiger partial charge on any atom is -0.482 e. The predicted molar refractivity (Wildman–Crippen MR) is 95.7 cm³/mol. The Hall–Kier alpha value is -1.87. The van der Waals surface area contributed by atoms with Crippen LogP contribution in [0.5, 0.6) is 5.75 Å². The fourth-order valence-corrected chi connectivity index (χ4v) is 2.16. The Morgan fingerprint density at radius 1 is 1.12 bits per heavy atom. The van der Waals surface area contributed by atoms with Crippen molar-refractivity contribution in [3.05, 3.63) is 56.9 Å². The first-order valence-electron chi connectivity index (χ1n) is 6.73. The van der Waals surface area contributed by atoms with Gasteiger partial charge in [-0.2, -0.15) is 0 Å². The van der Waals surface area contributed by atoms with E-state index in [1.54, 1.807) is 12.1 Å². The molecule has 0 fully saturated rings. The van der Waals surface area contributed by atoms with E-state index in [2.05, 4.69) is 27.9 Å². The Kier molecular flexibility index (Phi) is 6.80. The standard InChI is InChI=1S/C16H12ClFINO4/c17-13-6-1-10(18)7-14(13)20-15(21)8-24-16(22)9-23-12-4-2-11(19)3-5-12/h1-7H,8-9H2,(H,20,21). The first kappa shape index (κ1) is 18.5. The van der Waals surface area contributed by atoms with Crippen LogP contribution in [0.4, 0.5) is 10.1 Å². The Morgan fingerprint density at radius 2 is 1.83 bits per heavy atom. The van der Waals surface area contributed by atoms with Gasteiger partial charge >= 0.3 is 5.97 Å². The molecule has 0 aliphatic carbocycles. The lowest BCUT2D eigenvalue weighted by Gasteiger charge is -2.09. The molecule has 0 atom stereocenters. The Bertz CT molecular complexity index is 739. The van der Waals surface area contributed by atoms with Gasteiger partial charge in [0.15, 0.2) is 13.2 Å². The zero-order valence-electron chi connectivity index (χ0n) is 12.2. The number of benzene rings is 2. The lowest BCUT2D eigenvalue weighted by Crippen LogP contribution is -2.23. The maximum Gasteiger partial charge on any atom is 0.344 e. The third kappa shape index (κ3) is 5.97. The number of nitrogens with one attached hydrogen (secondary N) is 1. The molecule has 0 bridgehead atoms. The summed E-state index contributed by atoms with van der Waals surface area (Å²) in [4.78, 5) is 23.2. The van der Waals surface area contributed by atoms with Crippen LogP contribution in [0.15, 0.2) is 42.5 Å². The third-order valence-electron chi connectivity index (χ3n) is 2.74. The van der Waals surface area contributed by atoms with Crippen molar-refractivity contribution >= 4 is 51.8 Å². The largest absolute Gasteiger partial charge is 0.482 e. The summed E-state index contributed by atoms with van der Waals surface area (Å²) in [6, 6.07) is 10.6. The number of hydrogen-bond donors (Lipinski definition) is 1. The number of rotatable bonds is 6. The molecule has 24 heavy (non-hydrogen) atoms. The van der Waals surface area contributed by atoms with Gasteiger partial charge in [-0.05, 0) is 65.1 Å². The number of carbonyl (C=O) groups is 2. The van der Waals surface area contributed by atoms with Crippen LogP contribution >= 0.6 is 34.2 Å². The summed E-state index contributed by atoms with van der Waals surface area (Å²) in [6.45, 7) is -0.851. The molecule has 0 radical (unpaired) electrons. The van der Waals surface area contributed by atoms with Gasteiger partial charge in [0.2, 0.25) is 0 Å². The number of carbonyl (C=O) groups excluding carboxylic acids is 2. The van der Waals surface area contributed by atoms with Crippen LogP contribution < -0.4 is 10.1 Å².